The van der Waals surface area contributed by atoms with Crippen LogP contribution < -0.4 is 10.1 Å². The second-order valence-corrected chi connectivity index (χ2v) is 7.59. The number of hydrogen-bond donors (Lipinski definition) is 1. The summed E-state index contributed by atoms with van der Waals surface area (Å²) in [5.74, 6) is -1.35. The first-order valence-corrected chi connectivity index (χ1v) is 10.0. The van der Waals surface area contributed by atoms with E-state index in [4.69, 9.17) is 4.74 Å². The van der Waals surface area contributed by atoms with Crippen molar-refractivity contribution in [2.75, 3.05) is 12.4 Å². The average Bonchev–Trinajstić information content (AvgIpc) is 2.74. The molecule has 30 heavy (non-hydrogen) atoms. The molecule has 0 radical (unpaired) electrons. The number of nitrogens with zero attached hydrogens (tertiary/aromatic N) is 1. The van der Waals surface area contributed by atoms with Gasteiger partial charge in [0.15, 0.2) is 5.78 Å². The van der Waals surface area contributed by atoms with Gasteiger partial charge in [0.05, 0.1) is 18.7 Å². The van der Waals surface area contributed by atoms with E-state index >= 15 is 0 Å². The zero-order valence-electron chi connectivity index (χ0n) is 16.9. The lowest BCUT2D eigenvalue weighted by molar-refractivity contribution is -0.119. The first kappa shape index (κ1) is 20.0. The highest BCUT2D eigenvalue weighted by Crippen LogP contribution is 2.43. The molecule has 1 heterocycles. The summed E-state index contributed by atoms with van der Waals surface area (Å²) >= 11 is 0. The summed E-state index contributed by atoms with van der Waals surface area (Å²) in [5, 5.41) is 2.69. The molecule has 154 valence electrons. The van der Waals surface area contributed by atoms with Crippen LogP contribution in [0.1, 0.15) is 37.7 Å². The molecule has 0 spiro atoms. The molecule has 2 aliphatic rings. The smallest absolute Gasteiger partial charge is 0.234 e. The van der Waals surface area contributed by atoms with Crippen LogP contribution in [0.3, 0.4) is 0 Å². The van der Waals surface area contributed by atoms with E-state index < -0.39 is 17.7 Å². The number of nitrogens with one attached hydrogen (secondary N) is 1. The summed E-state index contributed by atoms with van der Waals surface area (Å²) in [7, 11) is 1.59. The predicted octanol–water partition coefficient (Wildman–Crippen LogP) is 4.65. The summed E-state index contributed by atoms with van der Waals surface area (Å²) in [6, 6.07) is 13.4. The Bertz CT molecular complexity index is 1060. The van der Waals surface area contributed by atoms with E-state index in [0.717, 1.165) is 17.7 Å². The number of hydrogen-bond acceptors (Lipinski definition) is 4. The molecule has 2 atom stereocenters. The van der Waals surface area contributed by atoms with Gasteiger partial charge in [0.25, 0.3) is 0 Å². The molecule has 1 aliphatic carbocycles. The number of methoxy groups -OCH3 is 1. The van der Waals surface area contributed by atoms with Gasteiger partial charge in [0.1, 0.15) is 11.6 Å². The summed E-state index contributed by atoms with van der Waals surface area (Å²) in [5.41, 5.74) is 2.93. The van der Waals surface area contributed by atoms with Crippen molar-refractivity contribution in [3.05, 3.63) is 71.2 Å². The fraction of sp³-hybridized carbons (Fsp3) is 0.292. The molecule has 1 aliphatic heterocycles. The van der Waals surface area contributed by atoms with E-state index in [-0.39, 0.29) is 17.4 Å². The number of carbonyl (C=O) groups is 2. The maximum Gasteiger partial charge on any atom is 0.234 e. The molecule has 5 nitrogen and oxygen atoms in total. The van der Waals surface area contributed by atoms with E-state index in [9.17, 15) is 14.0 Å². The first-order chi connectivity index (χ1) is 14.5. The van der Waals surface area contributed by atoms with Crippen LogP contribution >= 0.6 is 0 Å². The minimum atomic E-state index is -0.709. The number of rotatable bonds is 4. The molecule has 1 N–H and O–H groups in total. The van der Waals surface area contributed by atoms with Crippen LogP contribution in [0.15, 0.2) is 64.8 Å². The lowest BCUT2D eigenvalue weighted by Gasteiger charge is -2.35. The third-order valence-corrected chi connectivity index (χ3v) is 5.72. The standard InChI is InChI=1S/C24H23FN2O3/c1-14-21(24(29)27-18-7-4-3-6-17(18)25)22(15-10-12-16(30-2)13-11-15)23-19(26-14)8-5-9-20(23)28/h3-4,6-7,10-13,21-22H,5,8-9H2,1-2H3,(H,27,29)/t21?,22-/m1/s1. The highest BCUT2D eigenvalue weighted by Gasteiger charge is 2.42. The zero-order valence-corrected chi connectivity index (χ0v) is 16.9. The van der Waals surface area contributed by atoms with Crippen molar-refractivity contribution >= 4 is 23.1 Å². The molecular formula is C24H23FN2O3. The Morgan fingerprint density at radius 3 is 2.57 bits per heavy atom. The Morgan fingerprint density at radius 1 is 1.13 bits per heavy atom. The van der Waals surface area contributed by atoms with Gasteiger partial charge in [0.2, 0.25) is 5.91 Å². The Hall–Kier alpha value is -3.28. The van der Waals surface area contributed by atoms with E-state index in [1.54, 1.807) is 26.2 Å². The summed E-state index contributed by atoms with van der Waals surface area (Å²) in [6.45, 7) is 1.80. The minimum absolute atomic E-state index is 0.0250. The SMILES string of the molecule is COc1ccc([C@H]2C3=C(CCCC3=O)N=C(C)C2C(=O)Nc2ccccc2F)cc1. The molecule has 2 aromatic rings. The summed E-state index contributed by atoms with van der Waals surface area (Å²) in [6.07, 6.45) is 1.92. The number of allylic oxidation sites excluding steroid dienone is 2. The van der Waals surface area contributed by atoms with Crippen LogP contribution in [0, 0.1) is 11.7 Å². The molecular weight excluding hydrogens is 383 g/mol. The normalized spacial score (nSPS) is 21.0. The molecule has 4 rings (SSSR count). The number of ketones is 1. The first-order valence-electron chi connectivity index (χ1n) is 10.0. The monoisotopic (exact) mass is 406 g/mol. The van der Waals surface area contributed by atoms with E-state index in [1.807, 2.05) is 24.3 Å². The second kappa shape index (κ2) is 8.22. The van der Waals surface area contributed by atoms with Crippen molar-refractivity contribution in [2.24, 2.45) is 10.9 Å². The highest BCUT2D eigenvalue weighted by molar-refractivity contribution is 6.13. The number of aliphatic imine (C=N–C) groups is 1. The van der Waals surface area contributed by atoms with E-state index in [1.165, 1.54) is 12.1 Å². The molecule has 0 fully saturated rings. The van der Waals surface area contributed by atoms with Crippen LogP contribution in [-0.4, -0.2) is 24.5 Å². The van der Waals surface area contributed by atoms with Gasteiger partial charge in [-0.3, -0.25) is 14.6 Å². The van der Waals surface area contributed by atoms with Gasteiger partial charge in [-0.2, -0.15) is 0 Å². The minimum Gasteiger partial charge on any atom is -0.497 e. The predicted molar refractivity (Wildman–Crippen MR) is 113 cm³/mol. The van der Waals surface area contributed by atoms with Crippen LogP contribution in [0.2, 0.25) is 0 Å². The van der Waals surface area contributed by atoms with Crippen molar-refractivity contribution in [1.82, 2.24) is 0 Å². The van der Waals surface area contributed by atoms with Crippen molar-refractivity contribution < 1.29 is 18.7 Å². The van der Waals surface area contributed by atoms with Crippen molar-refractivity contribution in [3.63, 3.8) is 0 Å². The van der Waals surface area contributed by atoms with Gasteiger partial charge in [-0.25, -0.2) is 4.39 Å². The molecule has 0 bridgehead atoms. The number of para-hydroxylation sites is 1. The van der Waals surface area contributed by atoms with Gasteiger partial charge < -0.3 is 10.1 Å². The quantitative estimate of drug-likeness (QED) is 0.803. The zero-order chi connectivity index (χ0) is 21.3. The third-order valence-electron chi connectivity index (χ3n) is 5.72. The number of anilines is 1. The Balaban J connectivity index is 1.77. The third kappa shape index (κ3) is 3.65. The van der Waals surface area contributed by atoms with Crippen LogP contribution in [0.5, 0.6) is 5.75 Å². The second-order valence-electron chi connectivity index (χ2n) is 7.59. The van der Waals surface area contributed by atoms with Gasteiger partial charge in [-0.1, -0.05) is 24.3 Å². The molecule has 1 unspecified atom stereocenters. The van der Waals surface area contributed by atoms with Crippen molar-refractivity contribution in [1.29, 1.82) is 0 Å². The number of carbonyl (C=O) groups excluding carboxylic acids is 2. The molecule has 6 heteroatoms. The Labute approximate surface area is 174 Å². The van der Waals surface area contributed by atoms with Crippen LogP contribution in [0.4, 0.5) is 10.1 Å². The van der Waals surface area contributed by atoms with Gasteiger partial charge >= 0.3 is 0 Å². The van der Waals surface area contributed by atoms with E-state index in [0.29, 0.717) is 29.9 Å². The molecule has 2 aromatic carbocycles. The van der Waals surface area contributed by atoms with E-state index in [2.05, 4.69) is 10.3 Å². The molecule has 0 aromatic heterocycles. The van der Waals surface area contributed by atoms with Gasteiger partial charge in [-0.05, 0) is 49.6 Å². The van der Waals surface area contributed by atoms with Crippen molar-refractivity contribution in [2.45, 2.75) is 32.1 Å². The number of benzene rings is 2. The Morgan fingerprint density at radius 2 is 1.87 bits per heavy atom. The molecule has 0 saturated carbocycles. The summed E-state index contributed by atoms with van der Waals surface area (Å²) in [4.78, 5) is 30.8. The maximum absolute atomic E-state index is 14.1. The largest absolute Gasteiger partial charge is 0.497 e. The maximum atomic E-state index is 14.1. The van der Waals surface area contributed by atoms with Crippen molar-refractivity contribution in [3.8, 4) is 5.75 Å². The molecule has 1 amide bonds. The number of Topliss-reactive ketones (excluding diaryl/α,β-unsaturated/α-hetero) is 1. The molecule has 0 saturated heterocycles. The fourth-order valence-corrected chi connectivity index (χ4v) is 4.29. The average molecular weight is 406 g/mol. The summed E-state index contributed by atoms with van der Waals surface area (Å²) < 4.78 is 19.4. The highest BCUT2D eigenvalue weighted by atomic mass is 19.1. The van der Waals surface area contributed by atoms with Crippen LogP contribution in [-0.2, 0) is 9.59 Å². The number of halogens is 1. The fourth-order valence-electron chi connectivity index (χ4n) is 4.29. The topological polar surface area (TPSA) is 67.8 Å². The van der Waals surface area contributed by atoms with Gasteiger partial charge in [-0.15, -0.1) is 0 Å². The Kier molecular flexibility index (Phi) is 5.48. The number of amides is 1. The number of ether oxygens (including phenoxy) is 1. The lowest BCUT2D eigenvalue weighted by Crippen LogP contribution is -2.39. The lowest BCUT2D eigenvalue weighted by atomic mass is 9.71. The van der Waals surface area contributed by atoms with Crippen LogP contribution in [0.25, 0.3) is 0 Å². The van der Waals surface area contributed by atoms with Gasteiger partial charge in [0, 0.05) is 29.3 Å².